The zero-order valence-corrected chi connectivity index (χ0v) is 17.0. The van der Waals surface area contributed by atoms with E-state index < -0.39 is 24.7 Å². The number of nitrogens with zero attached hydrogens (tertiary/aromatic N) is 2. The standard InChI is InChI=1S/C21H26N2O6/c1-21(2,3)29-20(25)23(13-14-7-9-15(26-4)10-8-14)17-11-16(19(24)28-6)22-12-18(17)27-5/h7-12H,13H2,1-6H3/i5D3. The molecule has 156 valence electrons. The highest BCUT2D eigenvalue weighted by atomic mass is 16.6. The smallest absolute Gasteiger partial charge is 0.415 e. The molecule has 1 aromatic heterocycles. The average molecular weight is 405 g/mol. The highest BCUT2D eigenvalue weighted by Crippen LogP contribution is 2.31. The minimum absolute atomic E-state index is 0.0124. The summed E-state index contributed by atoms with van der Waals surface area (Å²) < 4.78 is 42.7. The fourth-order valence-corrected chi connectivity index (χ4v) is 2.42. The Kier molecular flexibility index (Phi) is 5.69. The summed E-state index contributed by atoms with van der Waals surface area (Å²) in [5, 5.41) is 0. The van der Waals surface area contributed by atoms with Gasteiger partial charge in [-0.3, -0.25) is 4.90 Å². The average Bonchev–Trinajstić information content (AvgIpc) is 2.70. The lowest BCUT2D eigenvalue weighted by molar-refractivity contribution is 0.0568. The van der Waals surface area contributed by atoms with Gasteiger partial charge in [0.05, 0.1) is 43.8 Å². The summed E-state index contributed by atoms with van der Waals surface area (Å²) >= 11 is 0. The van der Waals surface area contributed by atoms with Gasteiger partial charge in [0.25, 0.3) is 0 Å². The van der Waals surface area contributed by atoms with Crippen LogP contribution in [0, 0.1) is 0 Å². The van der Waals surface area contributed by atoms with E-state index in [-0.39, 0.29) is 23.7 Å². The maximum atomic E-state index is 13.1. The van der Waals surface area contributed by atoms with Crippen LogP contribution < -0.4 is 14.4 Å². The van der Waals surface area contributed by atoms with Gasteiger partial charge in [0.1, 0.15) is 11.4 Å². The van der Waals surface area contributed by atoms with Gasteiger partial charge in [0.15, 0.2) is 11.4 Å². The van der Waals surface area contributed by atoms with Crippen molar-refractivity contribution in [2.24, 2.45) is 0 Å². The molecule has 8 nitrogen and oxygen atoms in total. The highest BCUT2D eigenvalue weighted by Gasteiger charge is 2.27. The normalized spacial score (nSPS) is 12.8. The molecule has 0 saturated heterocycles. The number of anilines is 1. The van der Waals surface area contributed by atoms with E-state index in [9.17, 15) is 9.59 Å². The van der Waals surface area contributed by atoms with E-state index >= 15 is 0 Å². The van der Waals surface area contributed by atoms with Gasteiger partial charge in [-0.2, -0.15) is 0 Å². The minimum atomic E-state index is -2.82. The summed E-state index contributed by atoms with van der Waals surface area (Å²) in [4.78, 5) is 30.2. The fourth-order valence-electron chi connectivity index (χ4n) is 2.42. The van der Waals surface area contributed by atoms with Crippen molar-refractivity contribution < 1.29 is 32.6 Å². The molecule has 0 aliphatic carbocycles. The van der Waals surface area contributed by atoms with Gasteiger partial charge in [0.2, 0.25) is 0 Å². The molecule has 1 heterocycles. The number of methoxy groups -OCH3 is 3. The molecule has 0 fully saturated rings. The molecule has 0 spiro atoms. The summed E-state index contributed by atoms with van der Waals surface area (Å²) in [5.41, 5.74) is -0.295. The van der Waals surface area contributed by atoms with Crippen LogP contribution >= 0.6 is 0 Å². The largest absolute Gasteiger partial charge is 0.497 e. The molecule has 0 N–H and O–H groups in total. The molecular formula is C21H26N2O6. The lowest BCUT2D eigenvalue weighted by Crippen LogP contribution is -2.37. The Morgan fingerprint density at radius 2 is 1.83 bits per heavy atom. The van der Waals surface area contributed by atoms with Crippen molar-refractivity contribution >= 4 is 17.7 Å². The summed E-state index contributed by atoms with van der Waals surface area (Å²) in [7, 11) is -0.103. The molecule has 8 heteroatoms. The number of carbonyl (C=O) groups excluding carboxylic acids is 2. The van der Waals surface area contributed by atoms with Crippen LogP contribution in [0.25, 0.3) is 0 Å². The first kappa shape index (κ1) is 17.8. The van der Waals surface area contributed by atoms with Gasteiger partial charge in [-0.15, -0.1) is 0 Å². The summed E-state index contributed by atoms with van der Waals surface area (Å²) in [6.07, 6.45) is 0.282. The second-order valence-corrected chi connectivity index (χ2v) is 7.05. The molecule has 0 saturated carbocycles. The van der Waals surface area contributed by atoms with Crippen LogP contribution in [0.2, 0.25) is 0 Å². The number of carbonyl (C=O) groups is 2. The maximum absolute atomic E-state index is 13.1. The molecule has 1 aromatic carbocycles. The van der Waals surface area contributed by atoms with E-state index in [4.69, 9.17) is 23.1 Å². The number of pyridine rings is 1. The topological polar surface area (TPSA) is 87.2 Å². The van der Waals surface area contributed by atoms with E-state index in [1.807, 2.05) is 0 Å². The number of hydrogen-bond acceptors (Lipinski definition) is 7. The lowest BCUT2D eigenvalue weighted by Gasteiger charge is -2.28. The Labute approximate surface area is 174 Å². The van der Waals surface area contributed by atoms with Crippen LogP contribution in [-0.2, 0) is 16.0 Å². The summed E-state index contributed by atoms with van der Waals surface area (Å²) in [6.45, 7) is 5.08. The van der Waals surface area contributed by atoms with Crippen LogP contribution in [0.5, 0.6) is 11.5 Å². The van der Waals surface area contributed by atoms with Gasteiger partial charge in [0, 0.05) is 0 Å². The number of amides is 1. The van der Waals surface area contributed by atoms with E-state index in [2.05, 4.69) is 4.98 Å². The third-order valence-corrected chi connectivity index (χ3v) is 3.76. The quantitative estimate of drug-likeness (QED) is 0.675. The van der Waals surface area contributed by atoms with Crippen LogP contribution in [0.1, 0.15) is 40.9 Å². The first-order valence-corrected chi connectivity index (χ1v) is 8.74. The molecule has 0 aliphatic rings. The van der Waals surface area contributed by atoms with Crippen molar-refractivity contribution in [1.29, 1.82) is 0 Å². The third kappa shape index (κ3) is 5.84. The van der Waals surface area contributed by atoms with E-state index in [0.29, 0.717) is 11.3 Å². The molecule has 0 unspecified atom stereocenters. The molecule has 2 rings (SSSR count). The van der Waals surface area contributed by atoms with Gasteiger partial charge >= 0.3 is 12.1 Å². The highest BCUT2D eigenvalue weighted by molar-refractivity contribution is 5.93. The number of hydrogen-bond donors (Lipinski definition) is 0. The van der Waals surface area contributed by atoms with Crippen LogP contribution in [-0.4, -0.2) is 43.9 Å². The molecule has 2 aromatic rings. The van der Waals surface area contributed by atoms with E-state index in [1.165, 1.54) is 25.2 Å². The van der Waals surface area contributed by atoms with Gasteiger partial charge in [-0.05, 0) is 44.5 Å². The maximum Gasteiger partial charge on any atom is 0.415 e. The van der Waals surface area contributed by atoms with Gasteiger partial charge in [-0.25, -0.2) is 14.6 Å². The second-order valence-electron chi connectivity index (χ2n) is 7.05. The molecule has 0 atom stereocenters. The Balaban J connectivity index is 2.59. The summed E-state index contributed by atoms with van der Waals surface area (Å²) in [6, 6.07) is 8.13. The lowest BCUT2D eigenvalue weighted by atomic mass is 10.1. The zero-order valence-electron chi connectivity index (χ0n) is 20.0. The van der Waals surface area contributed by atoms with Crippen molar-refractivity contribution in [3.63, 3.8) is 0 Å². The zero-order chi connectivity index (χ0) is 24.1. The second kappa shape index (κ2) is 9.27. The Hall–Kier alpha value is -3.29. The molecule has 0 aliphatic heterocycles. The minimum Gasteiger partial charge on any atom is -0.497 e. The van der Waals surface area contributed by atoms with Crippen LogP contribution in [0.4, 0.5) is 10.5 Å². The van der Waals surface area contributed by atoms with Crippen molar-refractivity contribution in [2.75, 3.05) is 26.2 Å². The summed E-state index contributed by atoms with van der Waals surface area (Å²) in [5.74, 6) is -0.363. The fraction of sp³-hybridized carbons (Fsp3) is 0.381. The molecule has 0 bridgehead atoms. The monoisotopic (exact) mass is 405 g/mol. The Morgan fingerprint density at radius 1 is 1.14 bits per heavy atom. The molecule has 1 amide bonds. The van der Waals surface area contributed by atoms with Crippen molar-refractivity contribution in [1.82, 2.24) is 4.98 Å². The van der Waals surface area contributed by atoms with Gasteiger partial charge in [-0.1, -0.05) is 12.1 Å². The predicted molar refractivity (Wildman–Crippen MR) is 108 cm³/mol. The van der Waals surface area contributed by atoms with Crippen LogP contribution in [0.15, 0.2) is 36.5 Å². The molecular weight excluding hydrogens is 376 g/mol. The Morgan fingerprint density at radius 3 is 2.38 bits per heavy atom. The van der Waals surface area contributed by atoms with Crippen LogP contribution in [0.3, 0.4) is 0 Å². The van der Waals surface area contributed by atoms with E-state index in [1.54, 1.807) is 45.0 Å². The van der Waals surface area contributed by atoms with Gasteiger partial charge < -0.3 is 18.9 Å². The molecule has 29 heavy (non-hydrogen) atoms. The number of benzene rings is 1. The van der Waals surface area contributed by atoms with Crippen molar-refractivity contribution in [2.45, 2.75) is 32.9 Å². The van der Waals surface area contributed by atoms with E-state index in [0.717, 1.165) is 6.20 Å². The Bertz CT molecular complexity index is 955. The number of rotatable bonds is 6. The third-order valence-electron chi connectivity index (χ3n) is 3.76. The van der Waals surface area contributed by atoms with Crippen molar-refractivity contribution in [3.05, 3.63) is 47.8 Å². The SMILES string of the molecule is [2H]C([2H])([2H])Oc1cnc(C(=O)OC)cc1N(Cc1ccc(OC)cc1)C(=O)OC(C)(C)C. The first-order chi connectivity index (χ1) is 14.8. The number of ether oxygens (including phenoxy) is 4. The number of aromatic nitrogens is 1. The predicted octanol–water partition coefficient (Wildman–Crippen LogP) is 3.83. The first-order valence-electron chi connectivity index (χ1n) is 10.2. The molecule has 0 radical (unpaired) electrons. The van der Waals surface area contributed by atoms with Crippen molar-refractivity contribution in [3.8, 4) is 11.5 Å². The number of esters is 1.